The SMILES string of the molecule is Cc1cc(C(=O)c2cn(C)c3ccccc23)ccc1F. The Morgan fingerprint density at radius 1 is 1.15 bits per heavy atom. The summed E-state index contributed by atoms with van der Waals surface area (Å²) in [6, 6.07) is 12.2. The van der Waals surface area contributed by atoms with Gasteiger partial charge in [-0.25, -0.2) is 4.39 Å². The van der Waals surface area contributed by atoms with Gasteiger partial charge in [-0.2, -0.15) is 0 Å². The summed E-state index contributed by atoms with van der Waals surface area (Å²) in [5.74, 6) is -0.371. The van der Waals surface area contributed by atoms with Gasteiger partial charge in [-0.3, -0.25) is 4.79 Å². The first-order chi connectivity index (χ1) is 9.58. The van der Waals surface area contributed by atoms with E-state index in [1.165, 1.54) is 12.1 Å². The molecule has 2 aromatic carbocycles. The molecule has 3 aromatic rings. The summed E-state index contributed by atoms with van der Waals surface area (Å²) in [4.78, 5) is 12.6. The van der Waals surface area contributed by atoms with E-state index in [9.17, 15) is 9.18 Å². The second-order valence-corrected chi connectivity index (χ2v) is 4.96. The fourth-order valence-corrected chi connectivity index (χ4v) is 2.46. The molecule has 3 rings (SSSR count). The van der Waals surface area contributed by atoms with Crippen molar-refractivity contribution in [3.05, 3.63) is 71.2 Å². The number of ketones is 1. The van der Waals surface area contributed by atoms with Crippen LogP contribution in [-0.4, -0.2) is 10.4 Å². The molecule has 0 bridgehead atoms. The first kappa shape index (κ1) is 12.6. The van der Waals surface area contributed by atoms with E-state index in [0.29, 0.717) is 16.7 Å². The van der Waals surface area contributed by atoms with Crippen molar-refractivity contribution in [1.29, 1.82) is 0 Å². The molecule has 0 radical (unpaired) electrons. The smallest absolute Gasteiger partial charge is 0.195 e. The van der Waals surface area contributed by atoms with Crippen LogP contribution in [0.5, 0.6) is 0 Å². The number of carbonyl (C=O) groups excluding carboxylic acids is 1. The van der Waals surface area contributed by atoms with Gasteiger partial charge >= 0.3 is 0 Å². The largest absolute Gasteiger partial charge is 0.350 e. The summed E-state index contributed by atoms with van der Waals surface area (Å²) in [5.41, 5.74) is 2.65. The molecule has 0 aliphatic rings. The Kier molecular flexibility index (Phi) is 2.90. The number of hydrogen-bond acceptors (Lipinski definition) is 1. The second-order valence-electron chi connectivity index (χ2n) is 4.96. The van der Waals surface area contributed by atoms with Crippen molar-refractivity contribution in [3.63, 3.8) is 0 Å². The number of benzene rings is 2. The molecular formula is C17H14FNO. The molecule has 0 aliphatic heterocycles. The Labute approximate surface area is 116 Å². The summed E-state index contributed by atoms with van der Waals surface area (Å²) in [7, 11) is 1.91. The van der Waals surface area contributed by atoms with Gasteiger partial charge in [-0.05, 0) is 36.8 Å². The van der Waals surface area contributed by atoms with Crippen molar-refractivity contribution in [3.8, 4) is 0 Å². The number of nitrogens with zero attached hydrogens (tertiary/aromatic N) is 1. The Bertz CT molecular complexity index is 817. The number of fused-ring (bicyclic) bond motifs is 1. The molecule has 2 nitrogen and oxygen atoms in total. The van der Waals surface area contributed by atoms with Crippen molar-refractivity contribution in [2.24, 2.45) is 7.05 Å². The standard InChI is InChI=1S/C17H14FNO/c1-11-9-12(7-8-15(11)18)17(20)14-10-19(2)16-6-4-3-5-13(14)16/h3-10H,1-2H3. The third-order valence-electron chi connectivity index (χ3n) is 3.56. The second kappa shape index (κ2) is 4.60. The number of aryl methyl sites for hydroxylation is 2. The molecule has 0 fully saturated rings. The molecule has 0 N–H and O–H groups in total. The van der Waals surface area contributed by atoms with Crippen molar-refractivity contribution >= 4 is 16.7 Å². The lowest BCUT2D eigenvalue weighted by atomic mass is 10.0. The monoisotopic (exact) mass is 267 g/mol. The summed E-state index contributed by atoms with van der Waals surface area (Å²) in [6.45, 7) is 1.66. The van der Waals surface area contributed by atoms with Gasteiger partial charge in [0.2, 0.25) is 0 Å². The zero-order valence-corrected chi connectivity index (χ0v) is 11.4. The average molecular weight is 267 g/mol. The summed E-state index contributed by atoms with van der Waals surface area (Å²) < 4.78 is 15.2. The van der Waals surface area contributed by atoms with Crippen LogP contribution in [0.25, 0.3) is 10.9 Å². The Morgan fingerprint density at radius 2 is 1.90 bits per heavy atom. The van der Waals surface area contributed by atoms with E-state index in [-0.39, 0.29) is 11.6 Å². The summed E-state index contributed by atoms with van der Waals surface area (Å²) in [6.07, 6.45) is 1.83. The molecule has 0 atom stereocenters. The fourth-order valence-electron chi connectivity index (χ4n) is 2.46. The highest BCUT2D eigenvalue weighted by Crippen LogP contribution is 2.23. The van der Waals surface area contributed by atoms with E-state index >= 15 is 0 Å². The highest BCUT2D eigenvalue weighted by molar-refractivity contribution is 6.16. The molecule has 0 saturated carbocycles. The van der Waals surface area contributed by atoms with E-state index in [4.69, 9.17) is 0 Å². The average Bonchev–Trinajstić information content (AvgIpc) is 2.79. The minimum Gasteiger partial charge on any atom is -0.350 e. The topological polar surface area (TPSA) is 22.0 Å². The zero-order valence-electron chi connectivity index (χ0n) is 11.4. The molecule has 1 heterocycles. The fraction of sp³-hybridized carbons (Fsp3) is 0.118. The zero-order chi connectivity index (χ0) is 14.3. The highest BCUT2D eigenvalue weighted by atomic mass is 19.1. The van der Waals surface area contributed by atoms with E-state index in [1.807, 2.05) is 42.1 Å². The third-order valence-corrected chi connectivity index (χ3v) is 3.56. The summed E-state index contributed by atoms with van der Waals surface area (Å²) in [5, 5.41) is 0.918. The summed E-state index contributed by atoms with van der Waals surface area (Å²) >= 11 is 0. The van der Waals surface area contributed by atoms with E-state index in [1.54, 1.807) is 13.0 Å². The van der Waals surface area contributed by atoms with Crippen LogP contribution in [-0.2, 0) is 7.05 Å². The number of aromatic nitrogens is 1. The van der Waals surface area contributed by atoms with Crippen LogP contribution >= 0.6 is 0 Å². The molecule has 0 unspecified atom stereocenters. The van der Waals surface area contributed by atoms with Gasteiger partial charge in [0.05, 0.1) is 0 Å². The maximum atomic E-state index is 13.3. The van der Waals surface area contributed by atoms with Crippen molar-refractivity contribution in [1.82, 2.24) is 4.57 Å². The van der Waals surface area contributed by atoms with Crippen LogP contribution < -0.4 is 0 Å². The lowest BCUT2D eigenvalue weighted by molar-refractivity contribution is 0.104. The van der Waals surface area contributed by atoms with E-state index < -0.39 is 0 Å². The van der Waals surface area contributed by atoms with Crippen LogP contribution in [0.1, 0.15) is 21.5 Å². The van der Waals surface area contributed by atoms with Crippen molar-refractivity contribution < 1.29 is 9.18 Å². The lowest BCUT2D eigenvalue weighted by Crippen LogP contribution is -2.01. The molecule has 3 heteroatoms. The van der Waals surface area contributed by atoms with Gasteiger partial charge in [0, 0.05) is 35.3 Å². The maximum Gasteiger partial charge on any atom is 0.195 e. The third kappa shape index (κ3) is 1.92. The predicted molar refractivity (Wildman–Crippen MR) is 77.5 cm³/mol. The first-order valence-electron chi connectivity index (χ1n) is 6.43. The minimum atomic E-state index is -0.292. The highest BCUT2D eigenvalue weighted by Gasteiger charge is 2.16. The number of rotatable bonds is 2. The van der Waals surface area contributed by atoms with E-state index in [0.717, 1.165) is 10.9 Å². The van der Waals surface area contributed by atoms with Crippen LogP contribution in [0.3, 0.4) is 0 Å². The minimum absolute atomic E-state index is 0.0788. The van der Waals surface area contributed by atoms with Gasteiger partial charge in [0.1, 0.15) is 5.82 Å². The van der Waals surface area contributed by atoms with Crippen LogP contribution in [0, 0.1) is 12.7 Å². The molecule has 0 spiro atoms. The first-order valence-corrected chi connectivity index (χ1v) is 6.43. The Balaban J connectivity index is 2.15. The van der Waals surface area contributed by atoms with Crippen LogP contribution in [0.15, 0.2) is 48.7 Å². The molecule has 0 saturated heterocycles. The van der Waals surface area contributed by atoms with Crippen LogP contribution in [0.4, 0.5) is 4.39 Å². The van der Waals surface area contributed by atoms with Crippen LogP contribution in [0.2, 0.25) is 0 Å². The normalized spacial score (nSPS) is 10.9. The van der Waals surface area contributed by atoms with Crippen molar-refractivity contribution in [2.45, 2.75) is 6.92 Å². The van der Waals surface area contributed by atoms with Crippen molar-refractivity contribution in [2.75, 3.05) is 0 Å². The Morgan fingerprint density at radius 3 is 2.65 bits per heavy atom. The van der Waals surface area contributed by atoms with Gasteiger partial charge in [-0.15, -0.1) is 0 Å². The molecule has 0 amide bonds. The molecule has 100 valence electrons. The molecular weight excluding hydrogens is 253 g/mol. The number of carbonyl (C=O) groups is 1. The van der Waals surface area contributed by atoms with Gasteiger partial charge in [0.25, 0.3) is 0 Å². The Hall–Kier alpha value is -2.42. The maximum absolute atomic E-state index is 13.3. The number of hydrogen-bond donors (Lipinski definition) is 0. The molecule has 20 heavy (non-hydrogen) atoms. The van der Waals surface area contributed by atoms with Gasteiger partial charge < -0.3 is 4.57 Å². The molecule has 1 aromatic heterocycles. The van der Waals surface area contributed by atoms with Gasteiger partial charge in [-0.1, -0.05) is 18.2 Å². The van der Waals surface area contributed by atoms with E-state index in [2.05, 4.69) is 0 Å². The quantitative estimate of drug-likeness (QED) is 0.646. The number of halogens is 1. The number of para-hydroxylation sites is 1. The van der Waals surface area contributed by atoms with Gasteiger partial charge in [0.15, 0.2) is 5.78 Å². The molecule has 0 aliphatic carbocycles. The lowest BCUT2D eigenvalue weighted by Gasteiger charge is -2.02. The predicted octanol–water partition coefficient (Wildman–Crippen LogP) is 3.86.